The lowest BCUT2D eigenvalue weighted by Gasteiger charge is -2.12. The first-order valence-corrected chi connectivity index (χ1v) is 8.47. The molecule has 0 aliphatic rings. The van der Waals surface area contributed by atoms with Crippen molar-refractivity contribution in [3.8, 4) is 0 Å². The number of benzene rings is 1. The average Bonchev–Trinajstić information content (AvgIpc) is 2.75. The van der Waals surface area contributed by atoms with Crippen LogP contribution in [-0.2, 0) is 6.54 Å². The topological polar surface area (TPSA) is 37.8 Å². The Morgan fingerprint density at radius 1 is 1.37 bits per heavy atom. The number of halogens is 1. The van der Waals surface area contributed by atoms with Gasteiger partial charge in [-0.15, -0.1) is 10.2 Å². The van der Waals surface area contributed by atoms with Gasteiger partial charge < -0.3 is 5.32 Å². The molecular formula is C13H16BrN3S2. The molecule has 102 valence electrons. The summed E-state index contributed by atoms with van der Waals surface area (Å²) in [7, 11) is 0. The van der Waals surface area contributed by atoms with Gasteiger partial charge in [0.25, 0.3) is 0 Å². The number of nitrogens with one attached hydrogen (secondary N) is 1. The van der Waals surface area contributed by atoms with E-state index in [1.54, 1.807) is 23.1 Å². The lowest BCUT2D eigenvalue weighted by atomic mass is 10.2. The van der Waals surface area contributed by atoms with E-state index < -0.39 is 0 Å². The molecule has 19 heavy (non-hydrogen) atoms. The molecule has 0 aliphatic heterocycles. The van der Waals surface area contributed by atoms with Gasteiger partial charge in [0.2, 0.25) is 0 Å². The number of hydrogen-bond donors (Lipinski definition) is 1. The zero-order valence-electron chi connectivity index (χ0n) is 11.1. The van der Waals surface area contributed by atoms with E-state index in [9.17, 15) is 0 Å². The van der Waals surface area contributed by atoms with E-state index in [-0.39, 0.29) is 0 Å². The second-order valence-corrected chi connectivity index (χ2v) is 7.86. The fraction of sp³-hybridized carbons (Fsp3) is 0.385. The van der Waals surface area contributed by atoms with E-state index in [0.717, 1.165) is 20.4 Å². The second kappa shape index (κ2) is 6.83. The first kappa shape index (κ1) is 15.0. The standard InChI is InChI=1S/C13H16BrN3S2/c1-8(2)15-7-10-6-11(14)4-5-12(10)19-13-17-16-9(3)18-13/h4-6,8,15H,7H2,1-3H3. The average molecular weight is 358 g/mol. The van der Waals surface area contributed by atoms with Gasteiger partial charge in [-0.05, 0) is 30.7 Å². The van der Waals surface area contributed by atoms with Crippen LogP contribution in [0.2, 0.25) is 0 Å². The fourth-order valence-corrected chi connectivity index (χ4v) is 3.80. The van der Waals surface area contributed by atoms with E-state index in [0.29, 0.717) is 6.04 Å². The molecule has 0 bridgehead atoms. The van der Waals surface area contributed by atoms with Gasteiger partial charge in [0.1, 0.15) is 5.01 Å². The molecule has 0 aliphatic carbocycles. The Kier molecular flexibility index (Phi) is 5.38. The number of nitrogens with zero attached hydrogens (tertiary/aromatic N) is 2. The highest BCUT2D eigenvalue weighted by Gasteiger charge is 2.09. The molecule has 2 rings (SSSR count). The number of rotatable bonds is 5. The SMILES string of the molecule is Cc1nnc(Sc2ccc(Br)cc2CNC(C)C)s1. The maximum atomic E-state index is 4.17. The molecule has 6 heteroatoms. The summed E-state index contributed by atoms with van der Waals surface area (Å²) >= 11 is 6.84. The van der Waals surface area contributed by atoms with Crippen molar-refractivity contribution in [1.82, 2.24) is 15.5 Å². The van der Waals surface area contributed by atoms with Crippen molar-refractivity contribution in [2.45, 2.75) is 42.6 Å². The van der Waals surface area contributed by atoms with Crippen molar-refractivity contribution in [3.05, 3.63) is 33.2 Å². The van der Waals surface area contributed by atoms with Gasteiger partial charge in [-0.3, -0.25) is 0 Å². The lowest BCUT2D eigenvalue weighted by Crippen LogP contribution is -2.22. The van der Waals surface area contributed by atoms with Crippen LogP contribution >= 0.6 is 39.0 Å². The fourth-order valence-electron chi connectivity index (χ4n) is 1.51. The van der Waals surface area contributed by atoms with Gasteiger partial charge in [0.15, 0.2) is 4.34 Å². The highest BCUT2D eigenvalue weighted by molar-refractivity contribution is 9.10. The van der Waals surface area contributed by atoms with Gasteiger partial charge in [0, 0.05) is 22.0 Å². The van der Waals surface area contributed by atoms with Crippen LogP contribution in [0.5, 0.6) is 0 Å². The van der Waals surface area contributed by atoms with Crippen LogP contribution in [0, 0.1) is 6.92 Å². The molecule has 3 nitrogen and oxygen atoms in total. The van der Waals surface area contributed by atoms with Crippen LogP contribution in [0.15, 0.2) is 31.9 Å². The highest BCUT2D eigenvalue weighted by atomic mass is 79.9. The van der Waals surface area contributed by atoms with Crippen LogP contribution in [0.4, 0.5) is 0 Å². The minimum absolute atomic E-state index is 0.473. The molecule has 2 aromatic rings. The van der Waals surface area contributed by atoms with Gasteiger partial charge >= 0.3 is 0 Å². The van der Waals surface area contributed by atoms with Crippen LogP contribution in [0.3, 0.4) is 0 Å². The Labute approximate surface area is 130 Å². The molecule has 0 unspecified atom stereocenters. The van der Waals surface area contributed by atoms with Crippen molar-refractivity contribution >= 4 is 39.0 Å². The molecule has 0 amide bonds. The number of aromatic nitrogens is 2. The van der Waals surface area contributed by atoms with E-state index in [2.05, 4.69) is 63.5 Å². The minimum Gasteiger partial charge on any atom is -0.310 e. The molecule has 1 aromatic carbocycles. The summed E-state index contributed by atoms with van der Waals surface area (Å²) in [4.78, 5) is 1.23. The minimum atomic E-state index is 0.473. The van der Waals surface area contributed by atoms with Crippen molar-refractivity contribution in [3.63, 3.8) is 0 Å². The smallest absolute Gasteiger partial charge is 0.179 e. The van der Waals surface area contributed by atoms with Crippen molar-refractivity contribution in [2.24, 2.45) is 0 Å². The molecule has 1 aromatic heterocycles. The number of aryl methyl sites for hydroxylation is 1. The third kappa shape index (κ3) is 4.56. The van der Waals surface area contributed by atoms with Gasteiger partial charge in [0.05, 0.1) is 0 Å². The Balaban J connectivity index is 2.18. The molecule has 0 atom stereocenters. The van der Waals surface area contributed by atoms with Crippen molar-refractivity contribution in [2.75, 3.05) is 0 Å². The van der Waals surface area contributed by atoms with Crippen LogP contribution in [0.1, 0.15) is 24.4 Å². The summed E-state index contributed by atoms with van der Waals surface area (Å²) in [6.45, 7) is 7.14. The van der Waals surface area contributed by atoms with E-state index >= 15 is 0 Å². The maximum absolute atomic E-state index is 4.17. The van der Waals surface area contributed by atoms with Crippen LogP contribution < -0.4 is 5.32 Å². The third-order valence-corrected chi connectivity index (χ3v) is 4.93. The monoisotopic (exact) mass is 357 g/mol. The summed E-state index contributed by atoms with van der Waals surface area (Å²) in [6, 6.07) is 6.82. The van der Waals surface area contributed by atoms with Gasteiger partial charge in [-0.25, -0.2) is 0 Å². The summed E-state index contributed by atoms with van der Waals surface area (Å²) in [6.07, 6.45) is 0. The van der Waals surface area contributed by atoms with Gasteiger partial charge in [-0.1, -0.05) is 52.9 Å². The summed E-state index contributed by atoms with van der Waals surface area (Å²) in [5, 5.41) is 12.7. The van der Waals surface area contributed by atoms with E-state index in [1.165, 1.54) is 10.5 Å². The Hall–Kier alpha value is -0.430. The largest absolute Gasteiger partial charge is 0.310 e. The van der Waals surface area contributed by atoms with E-state index in [4.69, 9.17) is 0 Å². The molecule has 0 saturated carbocycles. The molecule has 0 fully saturated rings. The quantitative estimate of drug-likeness (QED) is 0.867. The molecule has 0 radical (unpaired) electrons. The first-order valence-electron chi connectivity index (χ1n) is 6.04. The molecule has 1 N–H and O–H groups in total. The summed E-state index contributed by atoms with van der Waals surface area (Å²) in [5.74, 6) is 0. The van der Waals surface area contributed by atoms with Crippen LogP contribution in [-0.4, -0.2) is 16.2 Å². The zero-order chi connectivity index (χ0) is 13.8. The molecule has 0 saturated heterocycles. The third-order valence-electron chi connectivity index (χ3n) is 2.43. The normalized spacial score (nSPS) is 11.2. The van der Waals surface area contributed by atoms with Gasteiger partial charge in [-0.2, -0.15) is 0 Å². The summed E-state index contributed by atoms with van der Waals surface area (Å²) in [5.41, 5.74) is 1.28. The Bertz CT molecular complexity index is 555. The maximum Gasteiger partial charge on any atom is 0.179 e. The molecule has 1 heterocycles. The predicted molar refractivity (Wildman–Crippen MR) is 84.9 cm³/mol. The zero-order valence-corrected chi connectivity index (χ0v) is 14.3. The van der Waals surface area contributed by atoms with Crippen molar-refractivity contribution < 1.29 is 0 Å². The first-order chi connectivity index (χ1) is 9.04. The number of hydrogen-bond acceptors (Lipinski definition) is 5. The lowest BCUT2D eigenvalue weighted by molar-refractivity contribution is 0.584. The Morgan fingerprint density at radius 2 is 2.16 bits per heavy atom. The van der Waals surface area contributed by atoms with Crippen LogP contribution in [0.25, 0.3) is 0 Å². The molecule has 0 spiro atoms. The summed E-state index contributed by atoms with van der Waals surface area (Å²) < 4.78 is 2.09. The highest BCUT2D eigenvalue weighted by Crippen LogP contribution is 2.33. The second-order valence-electron chi connectivity index (χ2n) is 4.48. The predicted octanol–water partition coefficient (Wildman–Crippen LogP) is 4.26. The molecular weight excluding hydrogens is 342 g/mol. The Morgan fingerprint density at radius 3 is 2.79 bits per heavy atom. The van der Waals surface area contributed by atoms with E-state index in [1.807, 2.05) is 6.92 Å². The van der Waals surface area contributed by atoms with Crippen molar-refractivity contribution in [1.29, 1.82) is 0 Å².